The van der Waals surface area contributed by atoms with Crippen molar-refractivity contribution in [2.24, 2.45) is 0 Å². The highest BCUT2D eigenvalue weighted by Crippen LogP contribution is 2.35. The van der Waals surface area contributed by atoms with E-state index in [-0.39, 0.29) is 0 Å². The van der Waals surface area contributed by atoms with Crippen molar-refractivity contribution in [1.29, 1.82) is 0 Å². The second-order valence-electron chi connectivity index (χ2n) is 5.89. The maximum absolute atomic E-state index is 5.82. The van der Waals surface area contributed by atoms with E-state index in [1.54, 1.807) is 0 Å². The number of fused-ring (bicyclic) bond motifs is 1. The highest BCUT2D eigenvalue weighted by Gasteiger charge is 2.27. The van der Waals surface area contributed by atoms with Crippen molar-refractivity contribution in [3.05, 3.63) is 34.9 Å². The monoisotopic (exact) mass is 260 g/mol. The molecule has 3 nitrogen and oxygen atoms in total. The normalized spacial score (nSPS) is 26.7. The van der Waals surface area contributed by atoms with E-state index >= 15 is 0 Å². The number of likely N-dealkylation sites (N-methyl/N-ethyl adjacent to an activating group) is 1. The molecule has 2 unspecified atom stereocenters. The van der Waals surface area contributed by atoms with Crippen LogP contribution in [0.5, 0.6) is 0 Å². The lowest BCUT2D eigenvalue weighted by Gasteiger charge is -2.31. The molecule has 1 N–H and O–H groups in total. The fourth-order valence-electron chi connectivity index (χ4n) is 3.34. The standard InChI is InChI=1S/C16H24N2O/c1-12-3-4-13-5-6-16(15(13)9-12)18(2)11-14-10-17-7-8-19-14/h3-4,9,14,16-17H,5-8,10-11H2,1-2H3. The summed E-state index contributed by atoms with van der Waals surface area (Å²) in [6, 6.07) is 7.47. The van der Waals surface area contributed by atoms with Crippen molar-refractivity contribution in [3.63, 3.8) is 0 Å². The first-order chi connectivity index (χ1) is 9.24. The molecule has 1 heterocycles. The molecule has 3 heteroatoms. The summed E-state index contributed by atoms with van der Waals surface area (Å²) in [6.07, 6.45) is 2.80. The average molecular weight is 260 g/mol. The van der Waals surface area contributed by atoms with Crippen LogP contribution in [0.2, 0.25) is 0 Å². The average Bonchev–Trinajstić information content (AvgIpc) is 2.82. The lowest BCUT2D eigenvalue weighted by molar-refractivity contribution is 0.00271. The predicted octanol–water partition coefficient (Wildman–Crippen LogP) is 1.90. The van der Waals surface area contributed by atoms with E-state index in [0.29, 0.717) is 12.1 Å². The van der Waals surface area contributed by atoms with Crippen LogP contribution < -0.4 is 5.32 Å². The first-order valence-corrected chi connectivity index (χ1v) is 7.36. The van der Waals surface area contributed by atoms with Crippen LogP contribution in [-0.4, -0.2) is 44.3 Å². The molecule has 1 fully saturated rings. The van der Waals surface area contributed by atoms with E-state index in [0.717, 1.165) is 26.2 Å². The second-order valence-corrected chi connectivity index (χ2v) is 5.89. The Balaban J connectivity index is 1.68. The summed E-state index contributed by atoms with van der Waals surface area (Å²) < 4.78 is 5.82. The molecule has 0 spiro atoms. The Morgan fingerprint density at radius 3 is 3.11 bits per heavy atom. The smallest absolute Gasteiger partial charge is 0.0826 e. The van der Waals surface area contributed by atoms with Gasteiger partial charge in [-0.05, 0) is 37.9 Å². The highest BCUT2D eigenvalue weighted by molar-refractivity contribution is 5.37. The number of ether oxygens (including phenoxy) is 1. The van der Waals surface area contributed by atoms with Crippen LogP contribution in [0.25, 0.3) is 0 Å². The fourth-order valence-corrected chi connectivity index (χ4v) is 3.34. The van der Waals surface area contributed by atoms with Gasteiger partial charge in [0, 0.05) is 25.7 Å². The molecule has 104 valence electrons. The minimum atomic E-state index is 0.340. The summed E-state index contributed by atoms with van der Waals surface area (Å²) in [6.45, 7) is 6.02. The van der Waals surface area contributed by atoms with Gasteiger partial charge in [-0.3, -0.25) is 4.90 Å². The van der Waals surface area contributed by atoms with Crippen LogP contribution in [-0.2, 0) is 11.2 Å². The molecule has 0 bridgehead atoms. The summed E-state index contributed by atoms with van der Waals surface area (Å²) in [7, 11) is 2.24. The van der Waals surface area contributed by atoms with E-state index in [1.165, 1.54) is 29.5 Å². The van der Waals surface area contributed by atoms with Gasteiger partial charge in [-0.2, -0.15) is 0 Å². The van der Waals surface area contributed by atoms with Gasteiger partial charge >= 0.3 is 0 Å². The Hall–Kier alpha value is -0.900. The molecule has 0 amide bonds. The van der Waals surface area contributed by atoms with Gasteiger partial charge in [0.05, 0.1) is 12.7 Å². The lowest BCUT2D eigenvalue weighted by Crippen LogP contribution is -2.44. The first kappa shape index (κ1) is 13.1. The van der Waals surface area contributed by atoms with Crippen molar-refractivity contribution < 1.29 is 4.74 Å². The third-order valence-electron chi connectivity index (χ3n) is 4.38. The molecule has 2 atom stereocenters. The third-order valence-corrected chi connectivity index (χ3v) is 4.38. The SMILES string of the molecule is Cc1ccc2c(c1)C(N(C)CC1CNCCO1)CC2. The molecule has 1 aliphatic carbocycles. The van der Waals surface area contributed by atoms with E-state index in [2.05, 4.69) is 42.4 Å². The molecular weight excluding hydrogens is 236 g/mol. The molecule has 1 aromatic carbocycles. The largest absolute Gasteiger partial charge is 0.374 e. The topological polar surface area (TPSA) is 24.5 Å². The number of morpholine rings is 1. The van der Waals surface area contributed by atoms with E-state index in [1.807, 2.05) is 0 Å². The minimum Gasteiger partial charge on any atom is -0.374 e. The summed E-state index contributed by atoms with van der Waals surface area (Å²) in [5.41, 5.74) is 4.44. The Bertz CT molecular complexity index is 440. The molecule has 0 aromatic heterocycles. The molecule has 0 saturated carbocycles. The molecule has 3 rings (SSSR count). The van der Waals surface area contributed by atoms with Gasteiger partial charge in [0.15, 0.2) is 0 Å². The molecule has 1 aromatic rings. The van der Waals surface area contributed by atoms with E-state index < -0.39 is 0 Å². The minimum absolute atomic E-state index is 0.340. The Labute approximate surface area is 115 Å². The number of rotatable bonds is 3. The third kappa shape index (κ3) is 2.83. The van der Waals surface area contributed by atoms with Crippen molar-refractivity contribution >= 4 is 0 Å². The van der Waals surface area contributed by atoms with Gasteiger partial charge in [0.1, 0.15) is 0 Å². The predicted molar refractivity (Wildman–Crippen MR) is 77.5 cm³/mol. The molecule has 19 heavy (non-hydrogen) atoms. The van der Waals surface area contributed by atoms with Crippen LogP contribution >= 0.6 is 0 Å². The summed E-state index contributed by atoms with van der Waals surface area (Å²) in [5.74, 6) is 0. The lowest BCUT2D eigenvalue weighted by atomic mass is 10.0. The van der Waals surface area contributed by atoms with Gasteiger partial charge in [-0.25, -0.2) is 0 Å². The Kier molecular flexibility index (Phi) is 3.87. The summed E-state index contributed by atoms with van der Waals surface area (Å²) >= 11 is 0. The molecule has 1 aliphatic heterocycles. The summed E-state index contributed by atoms with van der Waals surface area (Å²) in [4.78, 5) is 2.48. The van der Waals surface area contributed by atoms with Gasteiger partial charge in [0.2, 0.25) is 0 Å². The molecular formula is C16H24N2O. The summed E-state index contributed by atoms with van der Waals surface area (Å²) in [5, 5.41) is 3.41. The quantitative estimate of drug-likeness (QED) is 0.898. The van der Waals surface area contributed by atoms with Crippen LogP contribution in [0.3, 0.4) is 0 Å². The van der Waals surface area contributed by atoms with Crippen LogP contribution in [0.15, 0.2) is 18.2 Å². The van der Waals surface area contributed by atoms with Crippen LogP contribution in [0.1, 0.15) is 29.2 Å². The number of nitrogens with one attached hydrogen (secondary N) is 1. The Morgan fingerprint density at radius 2 is 2.32 bits per heavy atom. The Morgan fingerprint density at radius 1 is 1.42 bits per heavy atom. The first-order valence-electron chi connectivity index (χ1n) is 7.36. The van der Waals surface area contributed by atoms with Crippen molar-refractivity contribution in [2.75, 3.05) is 33.3 Å². The fraction of sp³-hybridized carbons (Fsp3) is 0.625. The number of nitrogens with zero attached hydrogens (tertiary/aromatic N) is 1. The number of hydrogen-bond donors (Lipinski definition) is 1. The van der Waals surface area contributed by atoms with Gasteiger partial charge < -0.3 is 10.1 Å². The van der Waals surface area contributed by atoms with E-state index in [9.17, 15) is 0 Å². The number of hydrogen-bond acceptors (Lipinski definition) is 3. The van der Waals surface area contributed by atoms with Crippen molar-refractivity contribution in [1.82, 2.24) is 10.2 Å². The van der Waals surface area contributed by atoms with Crippen LogP contribution in [0, 0.1) is 6.92 Å². The zero-order valence-electron chi connectivity index (χ0n) is 12.0. The molecule has 0 radical (unpaired) electrons. The van der Waals surface area contributed by atoms with Gasteiger partial charge in [0.25, 0.3) is 0 Å². The van der Waals surface area contributed by atoms with Gasteiger partial charge in [-0.15, -0.1) is 0 Å². The van der Waals surface area contributed by atoms with Crippen molar-refractivity contribution in [3.8, 4) is 0 Å². The second kappa shape index (κ2) is 5.61. The van der Waals surface area contributed by atoms with Crippen molar-refractivity contribution in [2.45, 2.75) is 31.9 Å². The molecule has 1 saturated heterocycles. The maximum Gasteiger partial charge on any atom is 0.0826 e. The van der Waals surface area contributed by atoms with Crippen LogP contribution in [0.4, 0.5) is 0 Å². The number of aryl methyl sites for hydroxylation is 2. The number of benzene rings is 1. The highest BCUT2D eigenvalue weighted by atomic mass is 16.5. The van der Waals surface area contributed by atoms with E-state index in [4.69, 9.17) is 4.74 Å². The zero-order chi connectivity index (χ0) is 13.2. The zero-order valence-corrected chi connectivity index (χ0v) is 12.0. The maximum atomic E-state index is 5.82. The van der Waals surface area contributed by atoms with Gasteiger partial charge in [-0.1, -0.05) is 23.8 Å². The molecule has 2 aliphatic rings.